The Morgan fingerprint density at radius 2 is 1.70 bits per heavy atom. The summed E-state index contributed by atoms with van der Waals surface area (Å²) in [5.41, 5.74) is 3.69. The number of nitrogens with zero attached hydrogens (tertiary/aromatic N) is 1. The topological polar surface area (TPSA) is 82.7 Å². The molecular formula is C25H16ClFN4O2. The summed E-state index contributed by atoms with van der Waals surface area (Å²) in [7, 11) is 0. The molecule has 0 saturated heterocycles. The fourth-order valence-corrected chi connectivity index (χ4v) is 4.63. The summed E-state index contributed by atoms with van der Waals surface area (Å²) in [4.78, 5) is 30.0. The summed E-state index contributed by atoms with van der Waals surface area (Å²) in [5, 5.41) is 6.84. The zero-order valence-electron chi connectivity index (χ0n) is 17.0. The molecule has 0 aliphatic carbocycles. The number of anilines is 1. The smallest absolute Gasteiger partial charge is 0.281 e. The van der Waals surface area contributed by atoms with Gasteiger partial charge in [0.1, 0.15) is 11.5 Å². The lowest BCUT2D eigenvalue weighted by Crippen LogP contribution is -2.18. The first kappa shape index (κ1) is 19.6. The molecule has 1 atom stereocenters. The average Bonchev–Trinajstić information content (AvgIpc) is 3.44. The lowest BCUT2D eigenvalue weighted by Gasteiger charge is -2.12. The lowest BCUT2D eigenvalue weighted by atomic mass is 9.89. The minimum atomic E-state index is -0.858. The Morgan fingerprint density at radius 3 is 2.45 bits per heavy atom. The van der Waals surface area contributed by atoms with Gasteiger partial charge in [-0.05, 0) is 53.6 Å². The number of halogens is 2. The maximum absolute atomic E-state index is 14.2. The summed E-state index contributed by atoms with van der Waals surface area (Å²) < 4.78 is 15.6. The maximum Gasteiger partial charge on any atom is 0.281 e. The van der Waals surface area contributed by atoms with Crippen LogP contribution in [0.3, 0.4) is 0 Å². The number of para-hydroxylation sites is 1. The molecule has 2 aromatic heterocycles. The molecule has 6 rings (SSSR count). The number of fused-ring (bicyclic) bond motifs is 2. The fraction of sp³-hybridized carbons (Fsp3) is 0.0400. The second-order valence-corrected chi connectivity index (χ2v) is 8.35. The molecule has 0 fully saturated rings. The minimum Gasteiger partial charge on any atom is -0.339 e. The van der Waals surface area contributed by atoms with Gasteiger partial charge in [-0.2, -0.15) is 0 Å². The summed E-state index contributed by atoms with van der Waals surface area (Å²) in [6.45, 7) is 0. The van der Waals surface area contributed by atoms with E-state index in [9.17, 15) is 14.0 Å². The van der Waals surface area contributed by atoms with E-state index in [-0.39, 0.29) is 11.5 Å². The number of hydrogen-bond acceptors (Lipinski definition) is 2. The first-order valence-corrected chi connectivity index (χ1v) is 10.7. The fourth-order valence-electron chi connectivity index (χ4n) is 4.51. The number of amides is 1. The van der Waals surface area contributed by atoms with Gasteiger partial charge in [-0.3, -0.25) is 14.7 Å². The first-order valence-electron chi connectivity index (χ1n) is 10.3. The van der Waals surface area contributed by atoms with E-state index in [1.165, 1.54) is 22.9 Å². The first-order chi connectivity index (χ1) is 16.0. The van der Waals surface area contributed by atoms with Crippen molar-refractivity contribution < 1.29 is 9.18 Å². The Morgan fingerprint density at radius 1 is 0.939 bits per heavy atom. The minimum absolute atomic E-state index is 0.305. The quantitative estimate of drug-likeness (QED) is 0.347. The summed E-state index contributed by atoms with van der Waals surface area (Å²) in [6.07, 6.45) is 0. The molecule has 1 amide bonds. The number of H-pyrrole nitrogens is 2. The van der Waals surface area contributed by atoms with Crippen molar-refractivity contribution in [3.05, 3.63) is 105 Å². The van der Waals surface area contributed by atoms with Crippen molar-refractivity contribution in [2.45, 2.75) is 5.92 Å². The Hall–Kier alpha value is -4.10. The second kappa shape index (κ2) is 7.21. The van der Waals surface area contributed by atoms with Crippen LogP contribution in [-0.4, -0.2) is 20.7 Å². The van der Waals surface area contributed by atoms with Crippen LogP contribution >= 0.6 is 11.6 Å². The molecule has 3 N–H and O–H groups in total. The van der Waals surface area contributed by atoms with E-state index in [2.05, 4.69) is 15.4 Å². The maximum atomic E-state index is 14.2. The van der Waals surface area contributed by atoms with Gasteiger partial charge in [0.25, 0.3) is 5.56 Å². The van der Waals surface area contributed by atoms with E-state index in [0.717, 1.165) is 5.56 Å². The third-order valence-corrected chi connectivity index (χ3v) is 6.21. The highest BCUT2D eigenvalue weighted by molar-refractivity contribution is 6.30. The Balaban J connectivity index is 1.67. The number of nitrogens with one attached hydrogen (secondary N) is 3. The number of hydrogen-bond donors (Lipinski definition) is 3. The highest BCUT2D eigenvalue weighted by atomic mass is 35.5. The summed E-state index contributed by atoms with van der Waals surface area (Å²) in [6, 6.07) is 20.4. The lowest BCUT2D eigenvalue weighted by molar-refractivity contribution is -0.116. The number of aromatic amines is 2. The highest BCUT2D eigenvalue weighted by Crippen LogP contribution is 2.43. The molecule has 0 spiro atoms. The molecule has 1 aliphatic rings. The van der Waals surface area contributed by atoms with E-state index in [1.807, 2.05) is 42.5 Å². The molecule has 6 nitrogen and oxygen atoms in total. The zero-order chi connectivity index (χ0) is 22.7. The van der Waals surface area contributed by atoms with Crippen LogP contribution in [0.4, 0.5) is 10.1 Å². The van der Waals surface area contributed by atoms with Crippen molar-refractivity contribution in [2.75, 3.05) is 5.32 Å². The van der Waals surface area contributed by atoms with Crippen LogP contribution in [0.25, 0.3) is 28.0 Å². The molecule has 0 radical (unpaired) electrons. The summed E-state index contributed by atoms with van der Waals surface area (Å²) >= 11 is 6.07. The molecule has 1 unspecified atom stereocenters. The molecular weight excluding hydrogens is 443 g/mol. The van der Waals surface area contributed by atoms with Gasteiger partial charge < -0.3 is 10.3 Å². The Kier molecular flexibility index (Phi) is 4.28. The van der Waals surface area contributed by atoms with E-state index in [1.54, 1.807) is 12.1 Å². The number of rotatable bonds is 3. The predicted molar refractivity (Wildman–Crippen MR) is 126 cm³/mol. The summed E-state index contributed by atoms with van der Waals surface area (Å²) in [5.74, 6) is -1.63. The van der Waals surface area contributed by atoms with Gasteiger partial charge in [0.05, 0.1) is 22.7 Å². The van der Waals surface area contributed by atoms with E-state index >= 15 is 0 Å². The van der Waals surface area contributed by atoms with Crippen LogP contribution < -0.4 is 10.9 Å². The average molecular weight is 459 g/mol. The van der Waals surface area contributed by atoms with E-state index in [4.69, 9.17) is 11.6 Å². The number of benzene rings is 3. The van der Waals surface area contributed by atoms with Crippen molar-refractivity contribution in [3.8, 4) is 16.9 Å². The Labute approximate surface area is 191 Å². The van der Waals surface area contributed by atoms with Crippen LogP contribution in [-0.2, 0) is 4.79 Å². The third-order valence-electron chi connectivity index (χ3n) is 5.96. The van der Waals surface area contributed by atoms with Crippen LogP contribution in [0.1, 0.15) is 17.0 Å². The molecule has 162 valence electrons. The van der Waals surface area contributed by atoms with Gasteiger partial charge in [-0.1, -0.05) is 41.9 Å². The van der Waals surface area contributed by atoms with Crippen LogP contribution in [0.5, 0.6) is 0 Å². The van der Waals surface area contributed by atoms with Crippen molar-refractivity contribution in [3.63, 3.8) is 0 Å². The van der Waals surface area contributed by atoms with E-state index < -0.39 is 11.7 Å². The van der Waals surface area contributed by atoms with Crippen LogP contribution in [0, 0.1) is 5.82 Å². The number of carbonyl (C=O) groups excluding carboxylic acids is 1. The van der Waals surface area contributed by atoms with Crippen molar-refractivity contribution in [1.29, 1.82) is 0 Å². The molecule has 0 saturated carbocycles. The molecule has 5 aromatic rings. The standard InChI is InChI=1S/C25H16ClFN4O2/c26-14-8-6-13(7-9-14)22-20(19-17-12-15(27)10-11-18(17)28-24(19)32)21-23(29-22)30-31(25(21)33)16-4-2-1-3-5-16/h1-12,19,29-30H,(H,28,32). The van der Waals surface area contributed by atoms with E-state index in [0.29, 0.717) is 44.3 Å². The highest BCUT2D eigenvalue weighted by Gasteiger charge is 2.37. The largest absolute Gasteiger partial charge is 0.339 e. The molecule has 33 heavy (non-hydrogen) atoms. The van der Waals surface area contributed by atoms with Gasteiger partial charge in [0, 0.05) is 16.3 Å². The zero-order valence-corrected chi connectivity index (χ0v) is 17.8. The van der Waals surface area contributed by atoms with Crippen molar-refractivity contribution in [1.82, 2.24) is 14.8 Å². The molecule has 1 aliphatic heterocycles. The van der Waals surface area contributed by atoms with Gasteiger partial charge in [-0.15, -0.1) is 0 Å². The number of carbonyl (C=O) groups is 1. The molecule has 8 heteroatoms. The molecule has 3 aromatic carbocycles. The second-order valence-electron chi connectivity index (χ2n) is 7.91. The molecule has 0 bridgehead atoms. The van der Waals surface area contributed by atoms with Gasteiger partial charge in [0.15, 0.2) is 0 Å². The SMILES string of the molecule is O=C1Nc2ccc(F)cc2C1c1c(-c2ccc(Cl)cc2)[nH]c2[nH]n(-c3ccccc3)c(=O)c12. The van der Waals surface area contributed by atoms with Crippen molar-refractivity contribution >= 4 is 34.2 Å². The van der Waals surface area contributed by atoms with Crippen LogP contribution in [0.15, 0.2) is 77.6 Å². The van der Waals surface area contributed by atoms with Gasteiger partial charge >= 0.3 is 0 Å². The van der Waals surface area contributed by atoms with Gasteiger partial charge in [0.2, 0.25) is 5.91 Å². The monoisotopic (exact) mass is 458 g/mol. The normalized spacial score (nSPS) is 15.1. The molecule has 3 heterocycles. The van der Waals surface area contributed by atoms with Crippen LogP contribution in [0.2, 0.25) is 5.02 Å². The van der Waals surface area contributed by atoms with Gasteiger partial charge in [-0.25, -0.2) is 9.07 Å². The Bertz CT molecular complexity index is 1600. The number of aromatic nitrogens is 3. The van der Waals surface area contributed by atoms with Crippen molar-refractivity contribution in [2.24, 2.45) is 0 Å². The predicted octanol–water partition coefficient (Wildman–Crippen LogP) is 5.19. The third kappa shape index (κ3) is 3.01.